The lowest BCUT2D eigenvalue weighted by molar-refractivity contribution is 0.224. The van der Waals surface area contributed by atoms with Gasteiger partial charge in [-0.2, -0.15) is 5.26 Å². The molecule has 1 N–H and O–H groups in total. The molecule has 0 aliphatic rings. The predicted octanol–water partition coefficient (Wildman–Crippen LogP) is 3.70. The van der Waals surface area contributed by atoms with E-state index in [1.54, 1.807) is 26.0 Å². The van der Waals surface area contributed by atoms with Crippen LogP contribution >= 0.6 is 7.60 Å². The van der Waals surface area contributed by atoms with E-state index < -0.39 is 7.60 Å². The average Bonchev–Trinajstić information content (AvgIpc) is 2.48. The molecule has 0 aromatic heterocycles. The lowest BCUT2D eigenvalue weighted by Crippen LogP contribution is -2.08. The molecule has 7 heteroatoms. The highest BCUT2D eigenvalue weighted by molar-refractivity contribution is 7.59. The number of benzene rings is 1. The van der Waals surface area contributed by atoms with Crippen molar-refractivity contribution in [2.24, 2.45) is 0 Å². The molecule has 0 saturated heterocycles. The summed E-state index contributed by atoms with van der Waals surface area (Å²) in [5.41, 5.74) is 0.696. The number of rotatable bonds is 8. The Morgan fingerprint density at radius 3 is 2.24 bits per heavy atom. The van der Waals surface area contributed by atoms with Gasteiger partial charge in [0.2, 0.25) is 11.2 Å². The Morgan fingerprint density at radius 1 is 1.24 bits per heavy atom. The second kappa shape index (κ2) is 8.48. The van der Waals surface area contributed by atoms with E-state index in [0.29, 0.717) is 5.69 Å². The number of hydrogen-bond donors (Lipinski definition) is 1. The molecular weight excluding hydrogens is 291 g/mol. The van der Waals surface area contributed by atoms with Gasteiger partial charge in [-0.25, -0.2) is 0 Å². The number of allylic oxidation sites excluding steroid dienone is 1. The molecule has 0 heterocycles. The van der Waals surface area contributed by atoms with Crippen molar-refractivity contribution in [1.82, 2.24) is 0 Å². The first kappa shape index (κ1) is 17.3. The summed E-state index contributed by atoms with van der Waals surface area (Å²) in [5, 5.41) is 12.1. The Bertz CT molecular complexity index is 556. The first-order valence-electron chi connectivity index (χ1n) is 6.51. The summed E-state index contributed by atoms with van der Waals surface area (Å²) in [6, 6.07) is 11.0. The molecular formula is C14H19N2O4P. The molecule has 0 saturated carbocycles. The van der Waals surface area contributed by atoms with Crippen molar-refractivity contribution in [2.75, 3.05) is 25.6 Å². The van der Waals surface area contributed by atoms with Gasteiger partial charge in [0.05, 0.1) is 20.3 Å². The van der Waals surface area contributed by atoms with E-state index in [4.69, 9.17) is 13.8 Å². The topological polar surface area (TPSA) is 80.6 Å². The van der Waals surface area contributed by atoms with Crippen LogP contribution < -0.4 is 5.32 Å². The van der Waals surface area contributed by atoms with Crippen molar-refractivity contribution in [3.63, 3.8) is 0 Å². The van der Waals surface area contributed by atoms with Gasteiger partial charge in [0.25, 0.3) is 0 Å². The molecule has 0 unspecified atom stereocenters. The summed E-state index contributed by atoms with van der Waals surface area (Å²) >= 11 is 0. The molecule has 0 bridgehead atoms. The summed E-state index contributed by atoms with van der Waals surface area (Å²) in [5.74, 6) is 0.0499. The molecule has 114 valence electrons. The number of nitriles is 1. The van der Waals surface area contributed by atoms with Crippen molar-refractivity contribution in [1.29, 1.82) is 5.26 Å². The smallest absolute Gasteiger partial charge is 0.377 e. The number of nitrogens with one attached hydrogen (secondary N) is 1. The highest BCUT2D eigenvalue weighted by atomic mass is 31.2. The van der Waals surface area contributed by atoms with E-state index in [0.717, 1.165) is 0 Å². The number of ether oxygens (including phenoxy) is 1. The van der Waals surface area contributed by atoms with Crippen LogP contribution in [-0.4, -0.2) is 20.3 Å². The molecule has 0 atom stereocenters. The number of para-hydroxylation sites is 1. The van der Waals surface area contributed by atoms with Crippen LogP contribution in [0.5, 0.6) is 0 Å². The van der Waals surface area contributed by atoms with Crippen LogP contribution in [0.3, 0.4) is 0 Å². The third-order valence-corrected chi connectivity index (χ3v) is 4.48. The maximum Gasteiger partial charge on any atom is 0.377 e. The number of hydrogen-bond acceptors (Lipinski definition) is 6. The van der Waals surface area contributed by atoms with E-state index in [2.05, 4.69) is 5.32 Å². The predicted molar refractivity (Wildman–Crippen MR) is 80.6 cm³/mol. The molecule has 1 aromatic carbocycles. The van der Waals surface area contributed by atoms with Crippen LogP contribution in [0.25, 0.3) is 0 Å². The van der Waals surface area contributed by atoms with Gasteiger partial charge in [0.1, 0.15) is 6.07 Å². The van der Waals surface area contributed by atoms with Gasteiger partial charge >= 0.3 is 7.60 Å². The average molecular weight is 310 g/mol. The fourth-order valence-corrected chi connectivity index (χ4v) is 3.13. The van der Waals surface area contributed by atoms with Gasteiger partial charge in [-0.1, -0.05) is 18.2 Å². The molecule has 0 aliphatic heterocycles. The lowest BCUT2D eigenvalue weighted by Gasteiger charge is -2.19. The fraction of sp³-hybridized carbons (Fsp3) is 0.357. The van der Waals surface area contributed by atoms with E-state index in [1.165, 1.54) is 7.11 Å². The maximum atomic E-state index is 12.7. The Labute approximate surface area is 124 Å². The molecule has 0 radical (unpaired) electrons. The number of methoxy groups -OCH3 is 1. The van der Waals surface area contributed by atoms with Crippen LogP contribution in [0, 0.1) is 11.3 Å². The van der Waals surface area contributed by atoms with Gasteiger partial charge in [0, 0.05) is 5.69 Å². The van der Waals surface area contributed by atoms with Gasteiger partial charge in [-0.3, -0.25) is 4.57 Å². The second-order valence-corrected chi connectivity index (χ2v) is 5.78. The minimum absolute atomic E-state index is 0.0499. The monoisotopic (exact) mass is 310 g/mol. The van der Waals surface area contributed by atoms with Crippen molar-refractivity contribution in [3.05, 3.63) is 41.5 Å². The van der Waals surface area contributed by atoms with Crippen molar-refractivity contribution >= 4 is 13.3 Å². The largest absolute Gasteiger partial charge is 0.481 e. The quantitative estimate of drug-likeness (QED) is 0.448. The highest BCUT2D eigenvalue weighted by Crippen LogP contribution is 2.56. The molecule has 1 rings (SSSR count). The zero-order chi connectivity index (χ0) is 15.7. The Balaban J connectivity index is 3.22. The summed E-state index contributed by atoms with van der Waals surface area (Å²) in [7, 11) is -2.33. The van der Waals surface area contributed by atoms with Crippen LogP contribution in [-0.2, 0) is 18.3 Å². The van der Waals surface area contributed by atoms with E-state index in [-0.39, 0.29) is 24.4 Å². The summed E-state index contributed by atoms with van der Waals surface area (Å²) in [6.07, 6.45) is 0. The van der Waals surface area contributed by atoms with Gasteiger partial charge in [0.15, 0.2) is 0 Å². The number of anilines is 1. The Morgan fingerprint density at radius 2 is 1.81 bits per heavy atom. The zero-order valence-electron chi connectivity index (χ0n) is 12.3. The van der Waals surface area contributed by atoms with Crippen molar-refractivity contribution < 1.29 is 18.3 Å². The molecule has 21 heavy (non-hydrogen) atoms. The molecule has 0 spiro atoms. The molecule has 0 fully saturated rings. The molecule has 0 aliphatic carbocycles. The normalized spacial score (nSPS) is 12.3. The highest BCUT2D eigenvalue weighted by Gasteiger charge is 2.34. The molecule has 0 amide bonds. The first-order valence-corrected chi connectivity index (χ1v) is 8.05. The summed E-state index contributed by atoms with van der Waals surface area (Å²) < 4.78 is 28.2. The summed E-state index contributed by atoms with van der Waals surface area (Å²) in [4.78, 5) is 0. The van der Waals surface area contributed by atoms with Crippen LogP contribution in [0.4, 0.5) is 5.69 Å². The minimum atomic E-state index is -3.71. The van der Waals surface area contributed by atoms with E-state index in [1.807, 2.05) is 24.3 Å². The van der Waals surface area contributed by atoms with Gasteiger partial charge in [-0.05, 0) is 26.0 Å². The third-order valence-electron chi connectivity index (χ3n) is 2.43. The van der Waals surface area contributed by atoms with Crippen molar-refractivity contribution in [3.8, 4) is 6.07 Å². The maximum absolute atomic E-state index is 12.7. The van der Waals surface area contributed by atoms with E-state index >= 15 is 0 Å². The van der Waals surface area contributed by atoms with Crippen molar-refractivity contribution in [2.45, 2.75) is 13.8 Å². The standard InChI is InChI=1S/C14H19N2O4P/c1-4-19-21(17,20-5-2)13(11-15)14(18-3)16-12-9-7-6-8-10-12/h6-10,16H,4-5H2,1-3H3/b14-13-. The van der Waals surface area contributed by atoms with Crippen LogP contribution in [0.1, 0.15) is 13.8 Å². The van der Waals surface area contributed by atoms with Crippen LogP contribution in [0.2, 0.25) is 0 Å². The van der Waals surface area contributed by atoms with Crippen LogP contribution in [0.15, 0.2) is 41.5 Å². The Hall–Kier alpha value is -1.80. The first-order chi connectivity index (χ1) is 10.1. The SMILES string of the molecule is CCOP(=O)(OCC)/C(C#N)=C(/Nc1ccccc1)OC. The minimum Gasteiger partial charge on any atom is -0.481 e. The molecule has 1 aromatic rings. The van der Waals surface area contributed by atoms with E-state index in [9.17, 15) is 9.83 Å². The lowest BCUT2D eigenvalue weighted by atomic mass is 10.3. The molecule has 6 nitrogen and oxygen atoms in total. The van der Waals surface area contributed by atoms with Gasteiger partial charge < -0.3 is 19.1 Å². The summed E-state index contributed by atoms with van der Waals surface area (Å²) in [6.45, 7) is 3.67. The van der Waals surface area contributed by atoms with Gasteiger partial charge in [-0.15, -0.1) is 0 Å². The fourth-order valence-electron chi connectivity index (χ4n) is 1.60. The second-order valence-electron chi connectivity index (χ2n) is 3.82. The Kier molecular flexibility index (Phi) is 6.97. The zero-order valence-corrected chi connectivity index (χ0v) is 13.2. The number of nitrogens with zero attached hydrogens (tertiary/aromatic N) is 1. The third kappa shape index (κ3) is 4.61.